The molecule has 2 nitrogen and oxygen atoms in total. The number of rotatable bonds is 1. The first-order valence-electron chi connectivity index (χ1n) is 2.96. The normalized spacial score (nSPS) is 9.92. The Hall–Kier alpha value is 0.440. The minimum absolute atomic E-state index is 0.441. The van der Waals surface area contributed by atoms with Gasteiger partial charge in [0.1, 0.15) is 0 Å². The molecule has 0 heterocycles. The van der Waals surface area contributed by atoms with E-state index in [0.29, 0.717) is 11.3 Å². The summed E-state index contributed by atoms with van der Waals surface area (Å²) in [5.41, 5.74) is 6.74. The molecule has 0 amide bonds. The number of nitrogen functional groups attached to an aromatic ring is 1. The van der Waals surface area contributed by atoms with E-state index in [2.05, 4.69) is 0 Å². The van der Waals surface area contributed by atoms with Crippen molar-refractivity contribution in [2.45, 2.75) is 0 Å². The number of halogens is 3. The fourth-order valence-corrected chi connectivity index (χ4v) is 3.61. The van der Waals surface area contributed by atoms with Gasteiger partial charge in [-0.2, -0.15) is 0 Å². The summed E-state index contributed by atoms with van der Waals surface area (Å²) < 4.78 is 1.58. The van der Waals surface area contributed by atoms with Crippen LogP contribution in [0.15, 0.2) is 12.1 Å². The molecule has 0 bridgehead atoms. The molecule has 1 aromatic rings. The van der Waals surface area contributed by atoms with Gasteiger partial charge in [0.25, 0.3) is 5.24 Å². The average Bonchev–Trinajstić information content (AvgIpc) is 1.82. The van der Waals surface area contributed by atoms with Crippen molar-refractivity contribution in [1.82, 2.24) is 0 Å². The van der Waals surface area contributed by atoms with E-state index in [1.807, 2.05) is 45.2 Å². The van der Waals surface area contributed by atoms with E-state index in [0.717, 1.165) is 7.14 Å². The Bertz CT molecular complexity index is 317. The summed E-state index contributed by atoms with van der Waals surface area (Å²) in [5.74, 6) is 0. The molecule has 0 spiro atoms. The van der Waals surface area contributed by atoms with E-state index in [-0.39, 0.29) is 0 Å². The number of benzene rings is 1. The second-order valence-corrected chi connectivity index (χ2v) is 4.80. The molecule has 0 aliphatic carbocycles. The number of carbonyl (C=O) groups excluding carboxylic acids is 1. The van der Waals surface area contributed by atoms with Crippen LogP contribution in [-0.4, -0.2) is 5.24 Å². The molecule has 12 heavy (non-hydrogen) atoms. The molecule has 0 unspecified atom stereocenters. The molecule has 0 aliphatic rings. The third-order valence-electron chi connectivity index (χ3n) is 1.26. The van der Waals surface area contributed by atoms with E-state index < -0.39 is 5.24 Å². The molecule has 0 aromatic heterocycles. The standard InChI is InChI=1S/C7H4ClI2NO/c8-7(12)6-4(9)1-3(11)2-5(6)10/h1-2H,11H2. The molecular formula is C7H4ClI2NO. The number of hydrogen-bond acceptors (Lipinski definition) is 2. The Labute approximate surface area is 102 Å². The first-order chi connectivity index (χ1) is 5.52. The van der Waals surface area contributed by atoms with Crippen LogP contribution in [0.5, 0.6) is 0 Å². The number of hydrogen-bond donors (Lipinski definition) is 1. The smallest absolute Gasteiger partial charge is 0.254 e. The van der Waals surface area contributed by atoms with Crippen LogP contribution in [0.4, 0.5) is 5.69 Å². The van der Waals surface area contributed by atoms with Gasteiger partial charge in [0.2, 0.25) is 0 Å². The zero-order valence-corrected chi connectivity index (χ0v) is 10.8. The van der Waals surface area contributed by atoms with Crippen molar-refractivity contribution < 1.29 is 4.79 Å². The molecule has 0 saturated carbocycles. The molecule has 0 saturated heterocycles. The van der Waals surface area contributed by atoms with Gasteiger partial charge in [0.15, 0.2) is 0 Å². The lowest BCUT2D eigenvalue weighted by Gasteiger charge is -2.03. The predicted octanol–water partition coefficient (Wildman–Crippen LogP) is 2.86. The molecule has 1 aromatic carbocycles. The van der Waals surface area contributed by atoms with Gasteiger partial charge in [-0.05, 0) is 68.9 Å². The van der Waals surface area contributed by atoms with E-state index in [1.165, 1.54) is 0 Å². The highest BCUT2D eigenvalue weighted by Gasteiger charge is 2.11. The van der Waals surface area contributed by atoms with Gasteiger partial charge in [-0.25, -0.2) is 0 Å². The summed E-state index contributed by atoms with van der Waals surface area (Å²) >= 11 is 9.45. The van der Waals surface area contributed by atoms with Gasteiger partial charge in [-0.1, -0.05) is 0 Å². The molecule has 2 N–H and O–H groups in total. The van der Waals surface area contributed by atoms with Gasteiger partial charge in [0.05, 0.1) is 5.56 Å². The maximum absolute atomic E-state index is 10.9. The molecule has 1 rings (SSSR count). The monoisotopic (exact) mass is 407 g/mol. The summed E-state index contributed by atoms with van der Waals surface area (Å²) in [4.78, 5) is 10.9. The first-order valence-corrected chi connectivity index (χ1v) is 5.50. The molecule has 0 fully saturated rings. The SMILES string of the molecule is Nc1cc(I)c(C(=O)Cl)c(I)c1. The second kappa shape index (κ2) is 4.10. The van der Waals surface area contributed by atoms with E-state index >= 15 is 0 Å². The van der Waals surface area contributed by atoms with Crippen LogP contribution in [0.1, 0.15) is 10.4 Å². The van der Waals surface area contributed by atoms with E-state index in [4.69, 9.17) is 17.3 Å². The van der Waals surface area contributed by atoms with Crippen molar-refractivity contribution in [1.29, 1.82) is 0 Å². The van der Waals surface area contributed by atoms with Gasteiger partial charge < -0.3 is 5.73 Å². The lowest BCUT2D eigenvalue weighted by atomic mass is 10.2. The van der Waals surface area contributed by atoms with Crippen LogP contribution in [0, 0.1) is 7.14 Å². The summed E-state index contributed by atoms with van der Waals surface area (Å²) in [7, 11) is 0. The lowest BCUT2D eigenvalue weighted by molar-refractivity contribution is 0.108. The molecular weight excluding hydrogens is 403 g/mol. The quantitative estimate of drug-likeness (QED) is 0.442. The first kappa shape index (κ1) is 10.5. The van der Waals surface area contributed by atoms with E-state index in [9.17, 15) is 4.79 Å². The summed E-state index contributed by atoms with van der Waals surface area (Å²) in [6.45, 7) is 0. The maximum Gasteiger partial charge on any atom is 0.254 e. The third-order valence-corrected chi connectivity index (χ3v) is 3.15. The second-order valence-electron chi connectivity index (χ2n) is 2.13. The fraction of sp³-hybridized carbons (Fsp3) is 0. The highest BCUT2D eigenvalue weighted by Crippen LogP contribution is 2.23. The van der Waals surface area contributed by atoms with Gasteiger partial charge in [0, 0.05) is 12.8 Å². The zero-order valence-electron chi connectivity index (χ0n) is 5.77. The largest absolute Gasteiger partial charge is 0.399 e. The van der Waals surface area contributed by atoms with Crippen LogP contribution < -0.4 is 5.73 Å². The summed E-state index contributed by atoms with van der Waals surface area (Å²) in [6.07, 6.45) is 0. The topological polar surface area (TPSA) is 43.1 Å². The lowest BCUT2D eigenvalue weighted by Crippen LogP contribution is -1.99. The van der Waals surface area contributed by atoms with Gasteiger partial charge >= 0.3 is 0 Å². The van der Waals surface area contributed by atoms with Gasteiger partial charge in [-0.3, -0.25) is 4.79 Å². The van der Waals surface area contributed by atoms with E-state index in [1.54, 1.807) is 12.1 Å². The minimum atomic E-state index is -0.441. The Morgan fingerprint density at radius 1 is 1.33 bits per heavy atom. The average molecular weight is 407 g/mol. The van der Waals surface area contributed by atoms with Crippen molar-refractivity contribution in [3.63, 3.8) is 0 Å². The third kappa shape index (κ3) is 2.23. The maximum atomic E-state index is 10.9. The number of carbonyl (C=O) groups is 1. The Kier molecular flexibility index (Phi) is 3.59. The Morgan fingerprint density at radius 3 is 2.08 bits per heavy atom. The molecule has 0 aliphatic heterocycles. The highest BCUT2D eigenvalue weighted by atomic mass is 127. The summed E-state index contributed by atoms with van der Waals surface area (Å²) in [6, 6.07) is 3.44. The van der Waals surface area contributed by atoms with Crippen molar-refractivity contribution in [2.75, 3.05) is 5.73 Å². The van der Waals surface area contributed by atoms with Crippen LogP contribution in [0.25, 0.3) is 0 Å². The van der Waals surface area contributed by atoms with Gasteiger partial charge in [-0.15, -0.1) is 0 Å². The van der Waals surface area contributed by atoms with Crippen molar-refractivity contribution >= 4 is 67.7 Å². The fourth-order valence-electron chi connectivity index (χ4n) is 0.781. The van der Waals surface area contributed by atoms with Crippen molar-refractivity contribution in [2.24, 2.45) is 0 Å². The highest BCUT2D eigenvalue weighted by molar-refractivity contribution is 14.1. The predicted molar refractivity (Wildman–Crippen MR) is 66.5 cm³/mol. The molecule has 0 atom stereocenters. The Balaban J connectivity index is 3.38. The molecule has 5 heteroatoms. The van der Waals surface area contributed by atoms with Crippen LogP contribution in [-0.2, 0) is 0 Å². The van der Waals surface area contributed by atoms with Crippen LogP contribution >= 0.6 is 56.8 Å². The molecule has 64 valence electrons. The zero-order chi connectivity index (χ0) is 9.30. The number of nitrogens with two attached hydrogens (primary N) is 1. The summed E-state index contributed by atoms with van der Waals surface area (Å²) in [5, 5.41) is -0.441. The van der Waals surface area contributed by atoms with Crippen molar-refractivity contribution in [3.8, 4) is 0 Å². The van der Waals surface area contributed by atoms with Crippen LogP contribution in [0.3, 0.4) is 0 Å². The molecule has 0 radical (unpaired) electrons. The number of anilines is 1. The Morgan fingerprint density at radius 2 is 1.75 bits per heavy atom. The minimum Gasteiger partial charge on any atom is -0.399 e. The van der Waals surface area contributed by atoms with Crippen LogP contribution in [0.2, 0.25) is 0 Å². The van der Waals surface area contributed by atoms with Crippen molar-refractivity contribution in [3.05, 3.63) is 24.8 Å².